The molecule has 8 heteroatoms. The fourth-order valence-corrected chi connectivity index (χ4v) is 1.90. The summed E-state index contributed by atoms with van der Waals surface area (Å²) in [6.07, 6.45) is -4.49. The summed E-state index contributed by atoms with van der Waals surface area (Å²) in [5.41, 5.74) is 0.347. The quantitative estimate of drug-likeness (QED) is 0.904. The molecule has 0 spiro atoms. The van der Waals surface area contributed by atoms with Crippen molar-refractivity contribution in [2.24, 2.45) is 0 Å². The Bertz CT molecular complexity index is 466. The van der Waals surface area contributed by atoms with E-state index in [1.807, 2.05) is 0 Å². The van der Waals surface area contributed by atoms with E-state index in [4.69, 9.17) is 28.3 Å². The highest BCUT2D eigenvalue weighted by Gasteiger charge is 2.31. The molecule has 0 amide bonds. The first-order valence-corrected chi connectivity index (χ1v) is 5.88. The standard InChI is InChI=1S/C11H10Cl2F3NO2/c12-8-3-1-2-7(10(8)13)4-17(5-9(18)19)6-11(14,15)16/h1-3H,4-6H2,(H,18,19). The van der Waals surface area contributed by atoms with E-state index < -0.39 is 25.2 Å². The molecule has 0 aliphatic rings. The van der Waals surface area contributed by atoms with E-state index in [1.165, 1.54) is 18.2 Å². The minimum Gasteiger partial charge on any atom is -0.480 e. The normalized spacial score (nSPS) is 11.9. The average Bonchev–Trinajstić information content (AvgIpc) is 2.21. The monoisotopic (exact) mass is 315 g/mol. The van der Waals surface area contributed by atoms with Gasteiger partial charge in [-0.05, 0) is 11.6 Å². The lowest BCUT2D eigenvalue weighted by molar-refractivity contribution is -0.154. The minimum absolute atomic E-state index is 0.127. The highest BCUT2D eigenvalue weighted by atomic mass is 35.5. The van der Waals surface area contributed by atoms with E-state index in [9.17, 15) is 18.0 Å². The van der Waals surface area contributed by atoms with Gasteiger partial charge in [0.15, 0.2) is 0 Å². The van der Waals surface area contributed by atoms with Crippen LogP contribution in [0.3, 0.4) is 0 Å². The first-order valence-electron chi connectivity index (χ1n) is 5.13. The van der Waals surface area contributed by atoms with Crippen LogP contribution < -0.4 is 0 Å². The lowest BCUT2D eigenvalue weighted by Gasteiger charge is -2.22. The average molecular weight is 316 g/mol. The predicted molar refractivity (Wildman–Crippen MR) is 65.4 cm³/mol. The number of alkyl halides is 3. The molecule has 0 saturated heterocycles. The van der Waals surface area contributed by atoms with Crippen LogP contribution >= 0.6 is 23.2 Å². The largest absolute Gasteiger partial charge is 0.480 e. The Labute approximate surface area is 117 Å². The summed E-state index contributed by atoms with van der Waals surface area (Å²) >= 11 is 11.6. The van der Waals surface area contributed by atoms with E-state index in [-0.39, 0.29) is 16.6 Å². The van der Waals surface area contributed by atoms with Crippen molar-refractivity contribution in [2.45, 2.75) is 12.7 Å². The fourth-order valence-electron chi connectivity index (χ4n) is 1.52. The molecule has 0 saturated carbocycles. The molecule has 0 bridgehead atoms. The second-order valence-corrected chi connectivity index (χ2v) is 4.65. The van der Waals surface area contributed by atoms with Gasteiger partial charge in [-0.15, -0.1) is 0 Å². The van der Waals surface area contributed by atoms with Gasteiger partial charge in [-0.3, -0.25) is 9.69 Å². The highest BCUT2D eigenvalue weighted by Crippen LogP contribution is 2.27. The minimum atomic E-state index is -4.49. The fraction of sp³-hybridized carbons (Fsp3) is 0.364. The molecular formula is C11H10Cl2F3NO2. The van der Waals surface area contributed by atoms with E-state index in [2.05, 4.69) is 0 Å². The van der Waals surface area contributed by atoms with Gasteiger partial charge in [0.25, 0.3) is 0 Å². The number of benzene rings is 1. The Morgan fingerprint density at radius 3 is 2.47 bits per heavy atom. The van der Waals surface area contributed by atoms with Gasteiger partial charge in [-0.2, -0.15) is 13.2 Å². The van der Waals surface area contributed by atoms with E-state index in [1.54, 1.807) is 0 Å². The maximum atomic E-state index is 12.3. The molecule has 0 aliphatic heterocycles. The van der Waals surface area contributed by atoms with Crippen LogP contribution in [0.2, 0.25) is 10.0 Å². The number of aliphatic carboxylic acids is 1. The van der Waals surface area contributed by atoms with Gasteiger partial charge < -0.3 is 5.11 Å². The number of carbonyl (C=O) groups is 1. The third-order valence-electron chi connectivity index (χ3n) is 2.19. The lowest BCUT2D eigenvalue weighted by atomic mass is 10.2. The molecule has 1 aromatic carbocycles. The summed E-state index contributed by atoms with van der Waals surface area (Å²) in [7, 11) is 0. The molecule has 0 fully saturated rings. The van der Waals surface area contributed by atoms with Gasteiger partial charge in [0.1, 0.15) is 0 Å². The molecular weight excluding hydrogens is 306 g/mol. The molecule has 0 atom stereocenters. The van der Waals surface area contributed by atoms with Crippen LogP contribution in [-0.2, 0) is 11.3 Å². The van der Waals surface area contributed by atoms with Gasteiger partial charge in [-0.25, -0.2) is 0 Å². The van der Waals surface area contributed by atoms with Crippen molar-refractivity contribution in [3.8, 4) is 0 Å². The van der Waals surface area contributed by atoms with Crippen LogP contribution in [0.5, 0.6) is 0 Å². The molecule has 0 aromatic heterocycles. The number of carboxylic acid groups (broad SMARTS) is 1. The molecule has 1 aromatic rings. The molecule has 0 unspecified atom stereocenters. The SMILES string of the molecule is O=C(O)CN(Cc1cccc(Cl)c1Cl)CC(F)(F)F. The van der Waals surface area contributed by atoms with Gasteiger partial charge in [0.2, 0.25) is 0 Å². The Hall–Kier alpha value is -0.980. The Morgan fingerprint density at radius 1 is 1.32 bits per heavy atom. The van der Waals surface area contributed by atoms with Gasteiger partial charge in [-0.1, -0.05) is 35.3 Å². The molecule has 19 heavy (non-hydrogen) atoms. The van der Waals surface area contributed by atoms with Crippen LogP contribution in [0.4, 0.5) is 13.2 Å². The van der Waals surface area contributed by atoms with Crippen molar-refractivity contribution in [3.63, 3.8) is 0 Å². The van der Waals surface area contributed by atoms with Crippen LogP contribution in [0.25, 0.3) is 0 Å². The van der Waals surface area contributed by atoms with Crippen molar-refractivity contribution in [3.05, 3.63) is 33.8 Å². The molecule has 0 heterocycles. The summed E-state index contributed by atoms with van der Waals surface area (Å²) in [5.74, 6) is -1.34. The first kappa shape index (κ1) is 16.1. The van der Waals surface area contributed by atoms with Gasteiger partial charge in [0, 0.05) is 6.54 Å². The van der Waals surface area contributed by atoms with E-state index in [0.29, 0.717) is 5.56 Å². The second kappa shape index (κ2) is 6.45. The van der Waals surface area contributed by atoms with E-state index >= 15 is 0 Å². The Kier molecular flexibility index (Phi) is 5.46. The molecule has 106 valence electrons. The van der Waals surface area contributed by atoms with Crippen LogP contribution in [-0.4, -0.2) is 35.2 Å². The Balaban J connectivity index is 2.87. The van der Waals surface area contributed by atoms with Crippen molar-refractivity contribution in [2.75, 3.05) is 13.1 Å². The zero-order valence-electron chi connectivity index (χ0n) is 9.55. The number of halogens is 5. The molecule has 1 N–H and O–H groups in total. The van der Waals surface area contributed by atoms with Crippen molar-refractivity contribution < 1.29 is 23.1 Å². The van der Waals surface area contributed by atoms with Crippen LogP contribution in [0.1, 0.15) is 5.56 Å². The summed E-state index contributed by atoms with van der Waals surface area (Å²) in [6.45, 7) is -2.31. The number of carboxylic acids is 1. The third-order valence-corrected chi connectivity index (χ3v) is 3.05. The van der Waals surface area contributed by atoms with Crippen molar-refractivity contribution >= 4 is 29.2 Å². The molecule has 3 nitrogen and oxygen atoms in total. The smallest absolute Gasteiger partial charge is 0.401 e. The zero-order valence-corrected chi connectivity index (χ0v) is 11.1. The maximum absolute atomic E-state index is 12.3. The summed E-state index contributed by atoms with van der Waals surface area (Å²) in [4.78, 5) is 11.3. The molecule has 0 radical (unpaired) electrons. The van der Waals surface area contributed by atoms with Crippen LogP contribution in [0.15, 0.2) is 18.2 Å². The summed E-state index contributed by atoms with van der Waals surface area (Å²) in [6, 6.07) is 4.54. The molecule has 0 aliphatic carbocycles. The van der Waals surface area contributed by atoms with Crippen molar-refractivity contribution in [1.82, 2.24) is 4.90 Å². The van der Waals surface area contributed by atoms with Gasteiger partial charge >= 0.3 is 12.1 Å². The first-order chi connectivity index (χ1) is 8.69. The zero-order chi connectivity index (χ0) is 14.6. The Morgan fingerprint density at radius 2 is 1.95 bits per heavy atom. The second-order valence-electron chi connectivity index (χ2n) is 3.87. The number of hydrogen-bond acceptors (Lipinski definition) is 2. The number of rotatable bonds is 5. The number of hydrogen-bond donors (Lipinski definition) is 1. The van der Waals surface area contributed by atoms with Crippen molar-refractivity contribution in [1.29, 1.82) is 0 Å². The third kappa shape index (κ3) is 5.67. The highest BCUT2D eigenvalue weighted by molar-refractivity contribution is 6.42. The molecule has 1 rings (SSSR count). The summed E-state index contributed by atoms with van der Waals surface area (Å²) < 4.78 is 37.0. The maximum Gasteiger partial charge on any atom is 0.401 e. The predicted octanol–water partition coefficient (Wildman–Crippen LogP) is 3.44. The topological polar surface area (TPSA) is 40.5 Å². The van der Waals surface area contributed by atoms with E-state index in [0.717, 1.165) is 4.90 Å². The van der Waals surface area contributed by atoms with Crippen LogP contribution in [0, 0.1) is 0 Å². The lowest BCUT2D eigenvalue weighted by Crippen LogP contribution is -2.37. The number of nitrogens with zero attached hydrogens (tertiary/aromatic N) is 1. The van der Waals surface area contributed by atoms with Gasteiger partial charge in [0.05, 0.1) is 23.1 Å². The summed E-state index contributed by atoms with van der Waals surface area (Å²) in [5, 5.41) is 8.95.